The highest BCUT2D eigenvalue weighted by atomic mass is 35.5. The first-order valence-electron chi connectivity index (χ1n) is 9.41. The first-order valence-corrected chi connectivity index (χ1v) is 10.2. The summed E-state index contributed by atoms with van der Waals surface area (Å²) >= 11 is 11.9. The molecule has 0 unspecified atom stereocenters. The van der Waals surface area contributed by atoms with Crippen molar-refractivity contribution in [3.63, 3.8) is 0 Å². The molecule has 2 aromatic rings. The van der Waals surface area contributed by atoms with Crippen LogP contribution in [0.25, 0.3) is 0 Å². The van der Waals surface area contributed by atoms with Gasteiger partial charge in [0.1, 0.15) is 11.5 Å². The van der Waals surface area contributed by atoms with E-state index in [4.69, 9.17) is 33.0 Å². The van der Waals surface area contributed by atoms with Crippen molar-refractivity contribution < 1.29 is 14.1 Å². The van der Waals surface area contributed by atoms with E-state index in [0.717, 1.165) is 24.5 Å². The molecule has 27 heavy (non-hydrogen) atoms. The van der Waals surface area contributed by atoms with Crippen LogP contribution in [0.15, 0.2) is 41.0 Å². The minimum Gasteiger partial charge on any atom is -0.495 e. The molecule has 0 saturated carbocycles. The Labute approximate surface area is 171 Å². The number of likely N-dealkylation sites (tertiary alicyclic amines) is 1. The first kappa shape index (κ1) is 20.0. The molecular formula is C20H27ClN3O2S+. The molecular weight excluding hydrogens is 382 g/mol. The molecule has 1 aromatic carbocycles. The van der Waals surface area contributed by atoms with Crippen LogP contribution >= 0.6 is 23.8 Å². The molecule has 1 saturated heterocycles. The number of furan rings is 1. The van der Waals surface area contributed by atoms with E-state index in [0.29, 0.717) is 22.4 Å². The van der Waals surface area contributed by atoms with Crippen molar-refractivity contribution in [1.82, 2.24) is 4.90 Å². The van der Waals surface area contributed by atoms with Crippen molar-refractivity contribution in [2.45, 2.75) is 25.8 Å². The summed E-state index contributed by atoms with van der Waals surface area (Å²) in [6, 6.07) is 9.46. The highest BCUT2D eigenvalue weighted by Gasteiger charge is 2.18. The molecule has 2 N–H and O–H groups in total. The molecule has 146 valence electrons. The molecule has 3 rings (SSSR count). The van der Waals surface area contributed by atoms with E-state index in [1.807, 2.05) is 30.3 Å². The minimum atomic E-state index is 0.556. The van der Waals surface area contributed by atoms with Crippen LogP contribution in [0.2, 0.25) is 5.02 Å². The second-order valence-corrected chi connectivity index (χ2v) is 7.63. The van der Waals surface area contributed by atoms with Gasteiger partial charge in [-0.3, -0.25) is 0 Å². The van der Waals surface area contributed by atoms with E-state index in [9.17, 15) is 0 Å². The average molecular weight is 409 g/mol. The zero-order valence-corrected chi connectivity index (χ0v) is 17.2. The molecule has 0 atom stereocenters. The molecule has 0 spiro atoms. The van der Waals surface area contributed by atoms with Crippen LogP contribution < -0.4 is 15.0 Å². The van der Waals surface area contributed by atoms with E-state index in [-0.39, 0.29) is 0 Å². The lowest BCUT2D eigenvalue weighted by Gasteiger charge is -2.29. The number of methoxy groups -OCH3 is 1. The Hall–Kier alpha value is -1.76. The molecule has 1 aliphatic rings. The van der Waals surface area contributed by atoms with Gasteiger partial charge in [0.25, 0.3) is 0 Å². The molecule has 7 heteroatoms. The maximum absolute atomic E-state index is 6.23. The summed E-state index contributed by atoms with van der Waals surface area (Å²) in [5.74, 6) is 1.55. The highest BCUT2D eigenvalue weighted by Crippen LogP contribution is 2.27. The van der Waals surface area contributed by atoms with E-state index < -0.39 is 0 Å². The number of anilines is 1. The van der Waals surface area contributed by atoms with Crippen LogP contribution in [0, 0.1) is 0 Å². The van der Waals surface area contributed by atoms with Crippen molar-refractivity contribution in [2.75, 3.05) is 38.6 Å². The number of hydrogen-bond donors (Lipinski definition) is 2. The quantitative estimate of drug-likeness (QED) is 0.688. The van der Waals surface area contributed by atoms with Crippen LogP contribution in [0.5, 0.6) is 5.75 Å². The molecule has 1 aromatic heterocycles. The second kappa shape index (κ2) is 9.97. The molecule has 0 aliphatic carbocycles. The zero-order chi connectivity index (χ0) is 19.1. The van der Waals surface area contributed by atoms with E-state index in [1.54, 1.807) is 18.3 Å². The number of nitrogens with one attached hydrogen (secondary N) is 2. The van der Waals surface area contributed by atoms with Gasteiger partial charge in [0.2, 0.25) is 0 Å². The summed E-state index contributed by atoms with van der Waals surface area (Å²) in [7, 11) is 1.60. The molecule has 0 bridgehead atoms. The molecule has 0 radical (unpaired) electrons. The predicted octanol–water partition coefficient (Wildman–Crippen LogP) is 3.21. The summed E-state index contributed by atoms with van der Waals surface area (Å²) in [6.45, 7) is 5.11. The number of benzene rings is 1. The number of ether oxygens (including phenoxy) is 1. The van der Waals surface area contributed by atoms with Gasteiger partial charge in [-0.2, -0.15) is 0 Å². The fraction of sp³-hybridized carbons (Fsp3) is 0.450. The monoisotopic (exact) mass is 408 g/mol. The fourth-order valence-corrected chi connectivity index (χ4v) is 3.92. The zero-order valence-electron chi connectivity index (χ0n) is 15.7. The Bertz CT molecular complexity index is 733. The van der Waals surface area contributed by atoms with Gasteiger partial charge < -0.3 is 24.3 Å². The lowest BCUT2D eigenvalue weighted by Crippen LogP contribution is -3.13. The predicted molar refractivity (Wildman–Crippen MR) is 113 cm³/mol. The third-order valence-electron chi connectivity index (χ3n) is 4.91. The van der Waals surface area contributed by atoms with Crippen molar-refractivity contribution in [2.24, 2.45) is 0 Å². The highest BCUT2D eigenvalue weighted by molar-refractivity contribution is 7.80. The van der Waals surface area contributed by atoms with Crippen LogP contribution in [0.3, 0.4) is 0 Å². The number of halogens is 1. The Morgan fingerprint density at radius 1 is 1.30 bits per heavy atom. The van der Waals surface area contributed by atoms with E-state index in [1.165, 1.54) is 32.4 Å². The van der Waals surface area contributed by atoms with Gasteiger partial charge in [-0.05, 0) is 61.8 Å². The summed E-state index contributed by atoms with van der Waals surface area (Å²) in [5.41, 5.74) is 0.848. The van der Waals surface area contributed by atoms with Gasteiger partial charge in [-0.1, -0.05) is 11.6 Å². The summed E-state index contributed by atoms with van der Waals surface area (Å²) in [5, 5.41) is 4.53. The largest absolute Gasteiger partial charge is 0.495 e. The molecule has 0 amide bonds. The molecule has 1 aliphatic heterocycles. The third kappa shape index (κ3) is 5.86. The number of hydrogen-bond acceptors (Lipinski definition) is 3. The van der Waals surface area contributed by atoms with Crippen LogP contribution in [0.4, 0.5) is 5.69 Å². The number of quaternary nitrogens is 1. The van der Waals surface area contributed by atoms with Crippen molar-refractivity contribution in [3.05, 3.63) is 47.4 Å². The molecule has 5 nitrogen and oxygen atoms in total. The second-order valence-electron chi connectivity index (χ2n) is 6.84. The van der Waals surface area contributed by atoms with Gasteiger partial charge in [-0.15, -0.1) is 0 Å². The normalized spacial score (nSPS) is 14.7. The lowest BCUT2D eigenvalue weighted by molar-refractivity contribution is -0.904. The molecule has 1 fully saturated rings. The number of thiocarbonyl (C=S) groups is 1. The van der Waals surface area contributed by atoms with Gasteiger partial charge in [0.05, 0.1) is 51.1 Å². The van der Waals surface area contributed by atoms with Gasteiger partial charge in [-0.25, -0.2) is 0 Å². The van der Waals surface area contributed by atoms with Gasteiger partial charge in [0, 0.05) is 5.69 Å². The average Bonchev–Trinajstić information content (AvgIpc) is 3.19. The fourth-order valence-electron chi connectivity index (χ4n) is 3.38. The summed E-state index contributed by atoms with van der Waals surface area (Å²) in [6.07, 6.45) is 5.70. The van der Waals surface area contributed by atoms with Gasteiger partial charge >= 0.3 is 0 Å². The van der Waals surface area contributed by atoms with Crippen LogP contribution in [0.1, 0.15) is 25.0 Å². The van der Waals surface area contributed by atoms with Crippen molar-refractivity contribution in [3.8, 4) is 5.75 Å². The lowest BCUT2D eigenvalue weighted by atomic mass is 10.1. The van der Waals surface area contributed by atoms with Crippen molar-refractivity contribution >= 4 is 34.6 Å². The SMILES string of the molecule is COc1ccc(NC(=S)N(CC[NH+]2CCCCC2)Cc2ccco2)cc1Cl. The Balaban J connectivity index is 1.64. The summed E-state index contributed by atoms with van der Waals surface area (Å²) < 4.78 is 10.7. The standard InChI is InChI=1S/C20H26ClN3O2S/c1-25-19-8-7-16(14-18(19)21)22-20(27)24(15-17-6-5-13-26-17)12-11-23-9-3-2-4-10-23/h5-8,13-14H,2-4,9-12,15H2,1H3,(H,22,27)/p+1. The Morgan fingerprint density at radius 3 is 2.78 bits per heavy atom. The van der Waals surface area contributed by atoms with E-state index >= 15 is 0 Å². The van der Waals surface area contributed by atoms with Crippen LogP contribution in [-0.4, -0.2) is 43.3 Å². The first-order chi connectivity index (χ1) is 13.2. The minimum absolute atomic E-state index is 0.556. The molecule has 2 heterocycles. The topological polar surface area (TPSA) is 42.1 Å². The maximum Gasteiger partial charge on any atom is 0.174 e. The van der Waals surface area contributed by atoms with Gasteiger partial charge in [0.15, 0.2) is 5.11 Å². The Kier molecular flexibility index (Phi) is 7.38. The number of piperidine rings is 1. The maximum atomic E-state index is 6.23. The smallest absolute Gasteiger partial charge is 0.174 e. The number of rotatable bonds is 7. The van der Waals surface area contributed by atoms with E-state index in [2.05, 4.69) is 10.2 Å². The Morgan fingerprint density at radius 2 is 2.11 bits per heavy atom. The van der Waals surface area contributed by atoms with Crippen molar-refractivity contribution in [1.29, 1.82) is 0 Å². The third-order valence-corrected chi connectivity index (χ3v) is 5.57. The van der Waals surface area contributed by atoms with Crippen LogP contribution in [-0.2, 0) is 6.54 Å². The number of nitrogens with zero attached hydrogens (tertiary/aromatic N) is 1. The summed E-state index contributed by atoms with van der Waals surface area (Å²) in [4.78, 5) is 3.81.